The molecule has 1 aliphatic carbocycles. The lowest BCUT2D eigenvalue weighted by atomic mass is 9.92. The van der Waals surface area contributed by atoms with Gasteiger partial charge in [0, 0.05) is 12.6 Å². The van der Waals surface area contributed by atoms with Crippen molar-refractivity contribution in [3.8, 4) is 22.9 Å². The van der Waals surface area contributed by atoms with E-state index in [2.05, 4.69) is 22.3 Å². The maximum absolute atomic E-state index is 13.0. The summed E-state index contributed by atoms with van der Waals surface area (Å²) in [4.78, 5) is 19.1. The van der Waals surface area contributed by atoms with Crippen molar-refractivity contribution in [2.24, 2.45) is 0 Å². The second-order valence-electron chi connectivity index (χ2n) is 8.32. The summed E-state index contributed by atoms with van der Waals surface area (Å²) >= 11 is 0. The first kappa shape index (κ1) is 22.8. The van der Waals surface area contributed by atoms with Crippen LogP contribution < -0.4 is 9.47 Å². The monoisotopic (exact) mass is 449 g/mol. The third kappa shape index (κ3) is 5.53. The second kappa shape index (κ2) is 10.5. The molecule has 0 spiro atoms. The molecule has 0 radical (unpaired) electrons. The van der Waals surface area contributed by atoms with Crippen molar-refractivity contribution in [3.05, 3.63) is 59.5 Å². The first-order valence-corrected chi connectivity index (χ1v) is 11.7. The molecule has 0 N–H and O–H groups in total. The number of ether oxygens (including phenoxy) is 2. The Labute approximate surface area is 194 Å². The van der Waals surface area contributed by atoms with Gasteiger partial charge in [-0.3, -0.25) is 4.79 Å². The van der Waals surface area contributed by atoms with Gasteiger partial charge in [0.1, 0.15) is 11.5 Å². The molecule has 4 rings (SSSR count). The third-order valence-electron chi connectivity index (χ3n) is 5.88. The third-order valence-corrected chi connectivity index (χ3v) is 5.88. The van der Waals surface area contributed by atoms with Gasteiger partial charge in [0.2, 0.25) is 11.7 Å². The molecule has 0 saturated heterocycles. The van der Waals surface area contributed by atoms with Crippen LogP contribution >= 0.6 is 0 Å². The molecule has 0 aliphatic heterocycles. The van der Waals surface area contributed by atoms with E-state index in [1.807, 2.05) is 44.2 Å². The maximum Gasteiger partial charge on any atom is 0.263 e. The summed E-state index contributed by atoms with van der Waals surface area (Å²) in [6.45, 7) is 4.72. The average Bonchev–Trinajstić information content (AvgIpc) is 3.31. The van der Waals surface area contributed by atoms with E-state index in [4.69, 9.17) is 14.0 Å². The number of likely N-dealkylation sites (N-methyl/N-ethyl adjacent to an activating group) is 1. The number of fused-ring (bicyclic) bond motifs is 1. The van der Waals surface area contributed by atoms with Crippen LogP contribution in [0.3, 0.4) is 0 Å². The van der Waals surface area contributed by atoms with E-state index < -0.39 is 6.10 Å². The summed E-state index contributed by atoms with van der Waals surface area (Å²) in [5.41, 5.74) is 3.55. The molecule has 1 aromatic heterocycles. The van der Waals surface area contributed by atoms with Gasteiger partial charge in [-0.1, -0.05) is 18.1 Å². The molecular weight excluding hydrogens is 418 g/mol. The number of hydrogen-bond donors (Lipinski definition) is 0. The number of benzene rings is 2. The van der Waals surface area contributed by atoms with Crippen molar-refractivity contribution in [2.75, 3.05) is 13.7 Å². The number of aryl methyl sites for hydroxylation is 2. The van der Waals surface area contributed by atoms with Gasteiger partial charge in [0.25, 0.3) is 5.91 Å². The lowest BCUT2D eigenvalue weighted by Crippen LogP contribution is -2.39. The largest absolute Gasteiger partial charge is 0.494 e. The predicted molar refractivity (Wildman–Crippen MR) is 125 cm³/mol. The Kier molecular flexibility index (Phi) is 7.27. The fourth-order valence-electron chi connectivity index (χ4n) is 4.09. The fraction of sp³-hybridized carbons (Fsp3) is 0.423. The molecule has 0 unspecified atom stereocenters. The summed E-state index contributed by atoms with van der Waals surface area (Å²) < 4.78 is 16.9. The summed E-state index contributed by atoms with van der Waals surface area (Å²) in [5, 5.41) is 4.05. The Morgan fingerprint density at radius 2 is 1.79 bits per heavy atom. The molecule has 1 atom stereocenters. The van der Waals surface area contributed by atoms with E-state index in [1.165, 1.54) is 24.0 Å². The van der Waals surface area contributed by atoms with E-state index >= 15 is 0 Å². The van der Waals surface area contributed by atoms with E-state index in [0.29, 0.717) is 24.7 Å². The lowest BCUT2D eigenvalue weighted by molar-refractivity contribution is -0.138. The average molecular weight is 450 g/mol. The molecular formula is C26H31N3O4. The molecule has 2 aromatic carbocycles. The molecule has 0 fully saturated rings. The molecule has 1 amide bonds. The number of aromatic nitrogens is 2. The molecule has 3 aromatic rings. The lowest BCUT2D eigenvalue weighted by Gasteiger charge is -2.24. The number of carbonyl (C=O) groups excluding carboxylic acids is 1. The Morgan fingerprint density at radius 3 is 2.52 bits per heavy atom. The maximum atomic E-state index is 13.0. The minimum absolute atomic E-state index is 0.115. The van der Waals surface area contributed by atoms with E-state index in [1.54, 1.807) is 11.9 Å². The molecule has 0 saturated carbocycles. The molecule has 0 bridgehead atoms. The molecule has 174 valence electrons. The summed E-state index contributed by atoms with van der Waals surface area (Å²) in [7, 11) is 1.72. The first-order chi connectivity index (χ1) is 16.1. The van der Waals surface area contributed by atoms with Crippen LogP contribution in [0, 0.1) is 0 Å². The van der Waals surface area contributed by atoms with E-state index in [0.717, 1.165) is 29.9 Å². The molecule has 7 nitrogen and oxygen atoms in total. The highest BCUT2D eigenvalue weighted by Gasteiger charge is 2.24. The smallest absolute Gasteiger partial charge is 0.263 e. The van der Waals surface area contributed by atoms with Crippen LogP contribution in [0.1, 0.15) is 50.1 Å². The zero-order valence-electron chi connectivity index (χ0n) is 19.5. The Hall–Kier alpha value is -3.35. The van der Waals surface area contributed by atoms with E-state index in [9.17, 15) is 4.79 Å². The topological polar surface area (TPSA) is 77.7 Å². The SMILES string of the molecule is CCOc1ccc(-c2noc(CN(C)C(=O)[C@@H](CC)Oc3ccc4c(c3)CCCC4)n2)cc1. The van der Waals surface area contributed by atoms with Crippen molar-refractivity contribution >= 4 is 5.91 Å². The molecule has 1 heterocycles. The van der Waals surface area contributed by atoms with Crippen LogP contribution in [-0.4, -0.2) is 40.7 Å². The summed E-state index contributed by atoms with van der Waals surface area (Å²) in [6, 6.07) is 13.7. The van der Waals surface area contributed by atoms with Crippen LogP contribution in [-0.2, 0) is 24.2 Å². The zero-order valence-corrected chi connectivity index (χ0v) is 19.5. The van der Waals surface area contributed by atoms with Gasteiger partial charge in [0.05, 0.1) is 13.2 Å². The van der Waals surface area contributed by atoms with Crippen LogP contribution in [0.15, 0.2) is 47.0 Å². The van der Waals surface area contributed by atoms with Gasteiger partial charge >= 0.3 is 0 Å². The minimum Gasteiger partial charge on any atom is -0.494 e. The highest BCUT2D eigenvalue weighted by Crippen LogP contribution is 2.26. The van der Waals surface area contributed by atoms with E-state index in [-0.39, 0.29) is 12.5 Å². The van der Waals surface area contributed by atoms with Crippen molar-refractivity contribution < 1.29 is 18.8 Å². The summed E-state index contributed by atoms with van der Waals surface area (Å²) in [6.07, 6.45) is 4.65. The van der Waals surface area contributed by atoms with Gasteiger partial charge < -0.3 is 18.9 Å². The zero-order chi connectivity index (χ0) is 23.2. The fourth-order valence-corrected chi connectivity index (χ4v) is 4.09. The number of carbonyl (C=O) groups is 1. The molecule has 7 heteroatoms. The van der Waals surface area contributed by atoms with Crippen molar-refractivity contribution in [2.45, 2.75) is 58.6 Å². The standard InChI is InChI=1S/C26H31N3O4/c1-4-23(32-22-15-10-18-8-6-7-9-20(18)16-22)26(30)29(3)17-24-27-25(28-33-24)19-11-13-21(14-12-19)31-5-2/h10-16,23H,4-9,17H2,1-3H3/t23-/m1/s1. The first-order valence-electron chi connectivity index (χ1n) is 11.7. The Morgan fingerprint density at radius 1 is 1.06 bits per heavy atom. The Bertz CT molecular complexity index is 1080. The highest BCUT2D eigenvalue weighted by molar-refractivity contribution is 5.81. The highest BCUT2D eigenvalue weighted by atomic mass is 16.5. The van der Waals surface area contributed by atoms with Crippen molar-refractivity contribution in [1.29, 1.82) is 0 Å². The van der Waals surface area contributed by atoms with Gasteiger partial charge in [-0.15, -0.1) is 0 Å². The van der Waals surface area contributed by atoms with Gasteiger partial charge in [-0.05, 0) is 86.6 Å². The van der Waals surface area contributed by atoms with Crippen molar-refractivity contribution in [1.82, 2.24) is 15.0 Å². The van der Waals surface area contributed by atoms with Gasteiger partial charge in [-0.25, -0.2) is 0 Å². The minimum atomic E-state index is -0.565. The van der Waals surface area contributed by atoms with Crippen LogP contribution in [0.25, 0.3) is 11.4 Å². The number of nitrogens with zero attached hydrogens (tertiary/aromatic N) is 3. The second-order valence-corrected chi connectivity index (χ2v) is 8.32. The van der Waals surface area contributed by atoms with Crippen molar-refractivity contribution in [3.63, 3.8) is 0 Å². The summed E-state index contributed by atoms with van der Waals surface area (Å²) in [5.74, 6) is 2.28. The predicted octanol–water partition coefficient (Wildman–Crippen LogP) is 4.83. The van der Waals surface area contributed by atoms with Crippen LogP contribution in [0.4, 0.5) is 0 Å². The number of rotatable bonds is 9. The number of amides is 1. The van der Waals surface area contributed by atoms with Crippen LogP contribution in [0.2, 0.25) is 0 Å². The quantitative estimate of drug-likeness (QED) is 0.466. The van der Waals surface area contributed by atoms with Gasteiger partial charge in [-0.2, -0.15) is 4.98 Å². The molecule has 33 heavy (non-hydrogen) atoms. The molecule has 1 aliphatic rings. The van der Waals surface area contributed by atoms with Crippen LogP contribution in [0.5, 0.6) is 11.5 Å². The normalized spacial score (nSPS) is 13.8. The Balaban J connectivity index is 1.38. The number of hydrogen-bond acceptors (Lipinski definition) is 6. The van der Waals surface area contributed by atoms with Gasteiger partial charge in [0.15, 0.2) is 6.10 Å².